The maximum atomic E-state index is 11.1. The molecule has 1 aliphatic rings. The molecule has 6 nitrogen and oxygen atoms in total. The number of aliphatic hydroxyl groups is 1. The van der Waals surface area contributed by atoms with Gasteiger partial charge in [0.1, 0.15) is 0 Å². The van der Waals surface area contributed by atoms with Crippen LogP contribution in [0.15, 0.2) is 30.3 Å². The minimum Gasteiger partial charge on any atom is -0.479 e. The highest BCUT2D eigenvalue weighted by Gasteiger charge is 2.17. The number of hydrogen-bond acceptors (Lipinski definition) is 5. The largest absolute Gasteiger partial charge is 0.479 e. The summed E-state index contributed by atoms with van der Waals surface area (Å²) in [5, 5.41) is 20.7. The summed E-state index contributed by atoms with van der Waals surface area (Å²) in [5.74, 6) is -0.778. The number of carboxylic acids is 1. The van der Waals surface area contributed by atoms with E-state index in [2.05, 4.69) is 5.32 Å². The fourth-order valence-electron chi connectivity index (χ4n) is 2.33. The van der Waals surface area contributed by atoms with Crippen LogP contribution in [-0.2, 0) is 14.3 Å². The van der Waals surface area contributed by atoms with Crippen molar-refractivity contribution in [1.82, 2.24) is 5.32 Å². The Morgan fingerprint density at radius 3 is 2.57 bits per heavy atom. The van der Waals surface area contributed by atoms with Crippen LogP contribution in [0.4, 0.5) is 0 Å². The van der Waals surface area contributed by atoms with Crippen molar-refractivity contribution < 1.29 is 24.5 Å². The molecule has 0 saturated carbocycles. The van der Waals surface area contributed by atoms with Gasteiger partial charge < -0.3 is 20.3 Å². The van der Waals surface area contributed by atoms with Crippen molar-refractivity contribution in [3.05, 3.63) is 35.9 Å². The molecule has 2 atom stereocenters. The van der Waals surface area contributed by atoms with Crippen LogP contribution < -0.4 is 5.32 Å². The first-order valence-electron chi connectivity index (χ1n) is 7.86. The van der Waals surface area contributed by atoms with Gasteiger partial charge in [-0.25, -0.2) is 4.79 Å². The first kappa shape index (κ1) is 19.1. The van der Waals surface area contributed by atoms with Crippen LogP contribution in [-0.4, -0.2) is 41.8 Å². The zero-order chi connectivity index (χ0) is 17.1. The van der Waals surface area contributed by atoms with Crippen LogP contribution in [0.2, 0.25) is 0 Å². The molecule has 2 rings (SSSR count). The van der Waals surface area contributed by atoms with Crippen molar-refractivity contribution in [2.45, 2.75) is 32.3 Å². The number of hydrogen-bond donors (Lipinski definition) is 3. The zero-order valence-corrected chi connectivity index (χ0v) is 13.4. The Morgan fingerprint density at radius 1 is 1.35 bits per heavy atom. The van der Waals surface area contributed by atoms with Crippen LogP contribution in [0.3, 0.4) is 0 Å². The van der Waals surface area contributed by atoms with Gasteiger partial charge in [-0.15, -0.1) is 0 Å². The SMILES string of the molecule is CCOC(=O)C[C@H]1CCCNC1.O=C(O)[C@@H](O)c1ccccc1. The minimum atomic E-state index is -1.41. The number of piperidine rings is 1. The molecule has 0 bridgehead atoms. The Labute approximate surface area is 136 Å². The maximum absolute atomic E-state index is 11.1. The summed E-state index contributed by atoms with van der Waals surface area (Å²) in [6.45, 7) is 4.41. The Hall–Kier alpha value is -1.92. The Kier molecular flexibility index (Phi) is 8.94. The molecule has 1 heterocycles. The molecule has 0 radical (unpaired) electrons. The molecule has 6 heteroatoms. The van der Waals surface area contributed by atoms with Gasteiger partial charge >= 0.3 is 11.9 Å². The molecule has 0 unspecified atom stereocenters. The van der Waals surface area contributed by atoms with Gasteiger partial charge in [0.2, 0.25) is 0 Å². The van der Waals surface area contributed by atoms with Gasteiger partial charge in [0.25, 0.3) is 0 Å². The number of carbonyl (C=O) groups is 2. The summed E-state index contributed by atoms with van der Waals surface area (Å²) < 4.78 is 4.88. The first-order chi connectivity index (χ1) is 11.0. The molecule has 1 fully saturated rings. The van der Waals surface area contributed by atoms with Crippen LogP contribution >= 0.6 is 0 Å². The first-order valence-corrected chi connectivity index (χ1v) is 7.86. The number of rotatable bonds is 5. The second-order valence-electron chi connectivity index (χ2n) is 5.37. The Morgan fingerprint density at radius 2 is 2.04 bits per heavy atom. The number of benzene rings is 1. The van der Waals surface area contributed by atoms with Crippen LogP contribution in [0, 0.1) is 5.92 Å². The van der Waals surface area contributed by atoms with Gasteiger partial charge in [0.05, 0.1) is 6.61 Å². The zero-order valence-electron chi connectivity index (χ0n) is 13.4. The van der Waals surface area contributed by atoms with Gasteiger partial charge in [-0.05, 0) is 44.3 Å². The molecular formula is C17H25NO5. The van der Waals surface area contributed by atoms with Crippen molar-refractivity contribution >= 4 is 11.9 Å². The molecule has 1 aromatic rings. The normalized spacial score (nSPS) is 18.3. The number of aliphatic hydroxyl groups excluding tert-OH is 1. The van der Waals surface area contributed by atoms with E-state index in [4.69, 9.17) is 14.9 Å². The molecule has 0 aromatic heterocycles. The fraction of sp³-hybridized carbons (Fsp3) is 0.529. The summed E-state index contributed by atoms with van der Waals surface area (Å²) in [6, 6.07) is 8.26. The smallest absolute Gasteiger partial charge is 0.337 e. The van der Waals surface area contributed by atoms with E-state index >= 15 is 0 Å². The van der Waals surface area contributed by atoms with Crippen LogP contribution in [0.25, 0.3) is 0 Å². The Bertz CT molecular complexity index is 471. The Balaban J connectivity index is 0.000000231. The summed E-state index contributed by atoms with van der Waals surface area (Å²) in [4.78, 5) is 21.3. The highest BCUT2D eigenvalue weighted by molar-refractivity contribution is 5.73. The third-order valence-corrected chi connectivity index (χ3v) is 3.51. The standard InChI is InChI=1S/C9H17NO2.C8H8O3/c1-2-12-9(11)6-8-4-3-5-10-7-8;9-7(8(10)11)6-4-2-1-3-5-6/h8,10H,2-7H2,1H3;1-5,7,9H,(H,10,11)/t8-;7-/m10/s1. The lowest BCUT2D eigenvalue weighted by Crippen LogP contribution is -2.31. The maximum Gasteiger partial charge on any atom is 0.337 e. The van der Waals surface area contributed by atoms with Gasteiger partial charge in [0.15, 0.2) is 6.10 Å². The second kappa shape index (κ2) is 10.7. The van der Waals surface area contributed by atoms with Crippen molar-refractivity contribution in [1.29, 1.82) is 0 Å². The summed E-state index contributed by atoms with van der Waals surface area (Å²) in [5.41, 5.74) is 0.403. The molecule has 0 aliphatic carbocycles. The van der Waals surface area contributed by atoms with Crippen LogP contribution in [0.1, 0.15) is 37.9 Å². The number of aliphatic carboxylic acids is 1. The van der Waals surface area contributed by atoms with E-state index in [1.807, 2.05) is 6.92 Å². The van der Waals surface area contributed by atoms with E-state index in [1.165, 1.54) is 6.42 Å². The number of nitrogens with one attached hydrogen (secondary N) is 1. The minimum absolute atomic E-state index is 0.0498. The van der Waals surface area contributed by atoms with Crippen molar-refractivity contribution in [3.63, 3.8) is 0 Å². The molecule has 1 aliphatic heterocycles. The van der Waals surface area contributed by atoms with E-state index < -0.39 is 12.1 Å². The van der Waals surface area contributed by atoms with E-state index in [-0.39, 0.29) is 5.97 Å². The van der Waals surface area contributed by atoms with E-state index in [0.29, 0.717) is 24.5 Å². The molecule has 23 heavy (non-hydrogen) atoms. The molecule has 0 amide bonds. The number of carboxylic acid groups (broad SMARTS) is 1. The van der Waals surface area contributed by atoms with E-state index in [0.717, 1.165) is 19.5 Å². The monoisotopic (exact) mass is 323 g/mol. The predicted octanol–water partition coefficient (Wildman–Crippen LogP) is 1.74. The average Bonchev–Trinajstić information content (AvgIpc) is 2.56. The van der Waals surface area contributed by atoms with Crippen LogP contribution in [0.5, 0.6) is 0 Å². The van der Waals surface area contributed by atoms with Crippen molar-refractivity contribution in [2.24, 2.45) is 5.92 Å². The van der Waals surface area contributed by atoms with Gasteiger partial charge in [-0.1, -0.05) is 30.3 Å². The summed E-state index contributed by atoms with van der Waals surface area (Å²) in [7, 11) is 0. The molecular weight excluding hydrogens is 298 g/mol. The van der Waals surface area contributed by atoms with E-state index in [9.17, 15) is 9.59 Å². The molecule has 128 valence electrons. The molecule has 1 aromatic carbocycles. The average molecular weight is 323 g/mol. The second-order valence-corrected chi connectivity index (χ2v) is 5.37. The number of esters is 1. The van der Waals surface area contributed by atoms with E-state index in [1.54, 1.807) is 30.3 Å². The lowest BCUT2D eigenvalue weighted by molar-refractivity contribution is -0.147. The predicted molar refractivity (Wildman–Crippen MR) is 85.9 cm³/mol. The van der Waals surface area contributed by atoms with Crippen molar-refractivity contribution in [2.75, 3.05) is 19.7 Å². The highest BCUT2D eigenvalue weighted by Crippen LogP contribution is 2.14. The summed E-state index contributed by atoms with van der Waals surface area (Å²) in [6.07, 6.45) is 1.52. The lowest BCUT2D eigenvalue weighted by Gasteiger charge is -2.21. The quantitative estimate of drug-likeness (QED) is 0.714. The van der Waals surface area contributed by atoms with Gasteiger partial charge in [0, 0.05) is 6.42 Å². The topological polar surface area (TPSA) is 95.9 Å². The molecule has 0 spiro atoms. The number of ether oxygens (including phenoxy) is 1. The third kappa shape index (κ3) is 7.76. The number of carbonyl (C=O) groups excluding carboxylic acids is 1. The molecule has 1 saturated heterocycles. The van der Waals surface area contributed by atoms with Gasteiger partial charge in [-0.3, -0.25) is 4.79 Å². The highest BCUT2D eigenvalue weighted by atomic mass is 16.5. The fourth-order valence-corrected chi connectivity index (χ4v) is 2.33. The molecule has 3 N–H and O–H groups in total. The third-order valence-electron chi connectivity index (χ3n) is 3.51. The van der Waals surface area contributed by atoms with Gasteiger partial charge in [-0.2, -0.15) is 0 Å². The van der Waals surface area contributed by atoms with Crippen molar-refractivity contribution in [3.8, 4) is 0 Å². The lowest BCUT2D eigenvalue weighted by atomic mass is 9.96. The summed E-state index contributed by atoms with van der Waals surface area (Å²) >= 11 is 0.